The molecule has 0 radical (unpaired) electrons. The van der Waals surface area contributed by atoms with Gasteiger partial charge in [0.2, 0.25) is 5.24 Å². The lowest BCUT2D eigenvalue weighted by Crippen LogP contribution is -1.84. The Hall–Kier alpha value is -0.0100. The highest BCUT2D eigenvalue weighted by Gasteiger charge is 1.95. The number of halogens is 2. The molecule has 0 heterocycles. The van der Waals surface area contributed by atoms with Gasteiger partial charge in [-0.2, -0.15) is 0 Å². The number of carbonyl (C=O) groups excluding carboxylic acids is 1. The van der Waals surface area contributed by atoms with Gasteiger partial charge < -0.3 is 0 Å². The molecule has 0 aromatic rings. The van der Waals surface area contributed by atoms with Crippen LogP contribution in [0.2, 0.25) is 0 Å². The minimum Gasteiger partial charge on any atom is -0.281 e. The zero-order valence-corrected chi connectivity index (χ0v) is 6.50. The molecule has 0 aromatic heterocycles. The molecule has 0 aliphatic rings. The van der Waals surface area contributed by atoms with E-state index in [1.54, 1.807) is 0 Å². The lowest BCUT2D eigenvalue weighted by atomic mass is 10.2. The summed E-state index contributed by atoms with van der Waals surface area (Å²) in [4.78, 5) is 10.1. The first-order chi connectivity index (χ1) is 4.13. The van der Waals surface area contributed by atoms with Crippen molar-refractivity contribution in [2.45, 2.75) is 19.3 Å². The van der Waals surface area contributed by atoms with Gasteiger partial charge >= 0.3 is 0 Å². The van der Waals surface area contributed by atoms with Crippen molar-refractivity contribution in [2.75, 3.05) is 0 Å². The molecule has 0 N–H and O–H groups in total. The largest absolute Gasteiger partial charge is 0.281 e. The summed E-state index contributed by atoms with van der Waals surface area (Å²) >= 11 is 10.5. The Morgan fingerprint density at radius 3 is 2.22 bits per heavy atom. The highest BCUT2D eigenvalue weighted by molar-refractivity contribution is 6.63. The van der Waals surface area contributed by atoms with Crippen molar-refractivity contribution in [3.05, 3.63) is 11.6 Å². The molecule has 9 heavy (non-hydrogen) atoms. The van der Waals surface area contributed by atoms with Gasteiger partial charge in [-0.05, 0) is 24.4 Å². The Morgan fingerprint density at radius 2 is 1.89 bits per heavy atom. The number of carbonyl (C=O) groups is 1. The van der Waals surface area contributed by atoms with E-state index in [9.17, 15) is 4.79 Å². The fourth-order valence-corrected chi connectivity index (χ4v) is 0.686. The number of rotatable bonds is 4. The van der Waals surface area contributed by atoms with Gasteiger partial charge in [0.1, 0.15) is 0 Å². The first-order valence-electron chi connectivity index (χ1n) is 2.64. The van der Waals surface area contributed by atoms with Gasteiger partial charge in [-0.15, -0.1) is 0 Å². The van der Waals surface area contributed by atoms with Gasteiger partial charge in [0, 0.05) is 11.5 Å². The summed E-state index contributed by atoms with van der Waals surface area (Å²) in [5.74, 6) is 0. The molecule has 0 unspecified atom stereocenters. The van der Waals surface area contributed by atoms with E-state index in [2.05, 4.69) is 6.58 Å². The van der Waals surface area contributed by atoms with E-state index in [-0.39, 0.29) is 5.24 Å². The third kappa shape index (κ3) is 7.99. The molecule has 0 aliphatic heterocycles. The normalized spacial score (nSPS) is 9.11. The Morgan fingerprint density at radius 1 is 1.33 bits per heavy atom. The third-order valence-electron chi connectivity index (χ3n) is 0.821. The zero-order valence-electron chi connectivity index (χ0n) is 4.99. The molecule has 0 saturated heterocycles. The maximum absolute atomic E-state index is 10.1. The first-order valence-corrected chi connectivity index (χ1v) is 3.40. The van der Waals surface area contributed by atoms with E-state index in [4.69, 9.17) is 23.2 Å². The van der Waals surface area contributed by atoms with Crippen LogP contribution < -0.4 is 0 Å². The monoisotopic (exact) mass is 166 g/mol. The average Bonchev–Trinajstić information content (AvgIpc) is 1.63. The van der Waals surface area contributed by atoms with Crippen molar-refractivity contribution < 1.29 is 4.79 Å². The van der Waals surface area contributed by atoms with E-state index < -0.39 is 0 Å². The summed E-state index contributed by atoms with van der Waals surface area (Å²) in [5.41, 5.74) is 0. The smallest absolute Gasteiger partial charge is 0.221 e. The van der Waals surface area contributed by atoms with Crippen molar-refractivity contribution in [3.8, 4) is 0 Å². The first kappa shape index (κ1) is 8.99. The minimum absolute atomic E-state index is 0.312. The maximum Gasteiger partial charge on any atom is 0.221 e. The molecular weight excluding hydrogens is 159 g/mol. The number of hydrogen-bond acceptors (Lipinski definition) is 1. The SMILES string of the molecule is C=C(Cl)CCCC(=O)Cl. The lowest BCUT2D eigenvalue weighted by Gasteiger charge is -1.91. The Kier molecular flexibility index (Phi) is 4.83. The van der Waals surface area contributed by atoms with Gasteiger partial charge in [0.25, 0.3) is 0 Å². The summed E-state index contributed by atoms with van der Waals surface area (Å²) in [6, 6.07) is 0. The lowest BCUT2D eigenvalue weighted by molar-refractivity contribution is -0.111. The molecule has 0 saturated carbocycles. The van der Waals surface area contributed by atoms with Crippen LogP contribution in [0, 0.1) is 0 Å². The second-order valence-electron chi connectivity index (χ2n) is 1.73. The average molecular weight is 167 g/mol. The summed E-state index contributed by atoms with van der Waals surface area (Å²) in [6.45, 7) is 3.46. The number of allylic oxidation sites excluding steroid dienone is 1. The van der Waals surface area contributed by atoms with Crippen LogP contribution in [0.5, 0.6) is 0 Å². The summed E-state index contributed by atoms with van der Waals surface area (Å²) in [6.07, 6.45) is 1.75. The Labute approximate surface area is 64.6 Å². The van der Waals surface area contributed by atoms with Gasteiger partial charge in [-0.1, -0.05) is 18.2 Å². The van der Waals surface area contributed by atoms with E-state index in [0.29, 0.717) is 24.3 Å². The molecule has 0 amide bonds. The third-order valence-corrected chi connectivity index (χ3v) is 1.20. The van der Waals surface area contributed by atoms with E-state index in [1.165, 1.54) is 0 Å². The zero-order chi connectivity index (χ0) is 7.28. The predicted octanol–water partition coefficient (Wildman–Crippen LogP) is 2.67. The summed E-state index contributed by atoms with van der Waals surface area (Å²) in [7, 11) is 0. The molecule has 0 fully saturated rings. The second kappa shape index (κ2) is 4.83. The highest BCUT2D eigenvalue weighted by Crippen LogP contribution is 2.09. The minimum atomic E-state index is -0.312. The predicted molar refractivity (Wildman–Crippen MR) is 39.7 cm³/mol. The van der Waals surface area contributed by atoms with Crippen LogP contribution >= 0.6 is 23.2 Å². The second-order valence-corrected chi connectivity index (χ2v) is 2.68. The molecule has 1 nitrogen and oxygen atoms in total. The Balaban J connectivity index is 3.10. The quantitative estimate of drug-likeness (QED) is 0.588. The van der Waals surface area contributed by atoms with Crippen molar-refractivity contribution in [1.29, 1.82) is 0 Å². The Bertz CT molecular complexity index is 106. The van der Waals surface area contributed by atoms with E-state index in [0.717, 1.165) is 0 Å². The molecule has 3 heteroatoms. The molecule has 0 atom stereocenters. The molecule has 0 spiro atoms. The van der Waals surface area contributed by atoms with Crippen LogP contribution in [0.25, 0.3) is 0 Å². The molecule has 0 rings (SSSR count). The fourth-order valence-electron chi connectivity index (χ4n) is 0.419. The van der Waals surface area contributed by atoms with Crippen LogP contribution in [0.3, 0.4) is 0 Å². The van der Waals surface area contributed by atoms with Gasteiger partial charge in [0.05, 0.1) is 0 Å². The molecule has 0 bridgehead atoms. The molecule has 0 aromatic carbocycles. The summed E-state index contributed by atoms with van der Waals surface area (Å²) in [5, 5.41) is 0.265. The van der Waals surface area contributed by atoms with Gasteiger partial charge in [-0.3, -0.25) is 4.79 Å². The highest BCUT2D eigenvalue weighted by atomic mass is 35.5. The molecule has 52 valence electrons. The standard InChI is InChI=1S/C6H8Cl2O/c1-5(7)3-2-4-6(8)9/h1-4H2. The van der Waals surface area contributed by atoms with Crippen LogP contribution in [0.4, 0.5) is 0 Å². The summed E-state index contributed by atoms with van der Waals surface area (Å²) < 4.78 is 0. The maximum atomic E-state index is 10.1. The molecular formula is C6H8Cl2O. The fraction of sp³-hybridized carbons (Fsp3) is 0.500. The van der Waals surface area contributed by atoms with Crippen LogP contribution in [0.15, 0.2) is 11.6 Å². The van der Waals surface area contributed by atoms with Crippen molar-refractivity contribution in [3.63, 3.8) is 0 Å². The topological polar surface area (TPSA) is 17.1 Å². The van der Waals surface area contributed by atoms with Crippen molar-refractivity contribution in [2.24, 2.45) is 0 Å². The van der Waals surface area contributed by atoms with E-state index in [1.807, 2.05) is 0 Å². The van der Waals surface area contributed by atoms with Gasteiger partial charge in [-0.25, -0.2) is 0 Å². The molecule has 0 aliphatic carbocycles. The van der Waals surface area contributed by atoms with E-state index >= 15 is 0 Å². The van der Waals surface area contributed by atoms with Crippen LogP contribution in [-0.4, -0.2) is 5.24 Å². The van der Waals surface area contributed by atoms with Crippen molar-refractivity contribution >= 4 is 28.4 Å². The van der Waals surface area contributed by atoms with Gasteiger partial charge in [0.15, 0.2) is 0 Å². The van der Waals surface area contributed by atoms with Crippen LogP contribution in [-0.2, 0) is 4.79 Å². The van der Waals surface area contributed by atoms with Crippen LogP contribution in [0.1, 0.15) is 19.3 Å². The number of hydrogen-bond donors (Lipinski definition) is 0. The van der Waals surface area contributed by atoms with Crippen molar-refractivity contribution in [1.82, 2.24) is 0 Å².